The summed E-state index contributed by atoms with van der Waals surface area (Å²) in [7, 11) is 0. The van der Waals surface area contributed by atoms with E-state index < -0.39 is 23.2 Å². The van der Waals surface area contributed by atoms with E-state index >= 15 is 0 Å². The minimum Gasteiger partial charge on any atom is -0.324 e. The maximum atomic E-state index is 13.6. The number of imide groups is 1. The van der Waals surface area contributed by atoms with Gasteiger partial charge in [0.1, 0.15) is 11.4 Å². The van der Waals surface area contributed by atoms with Gasteiger partial charge in [-0.15, -0.1) is 0 Å². The number of carbonyl (C=O) groups is 3. The van der Waals surface area contributed by atoms with Crippen molar-refractivity contribution in [2.45, 2.75) is 24.4 Å². The van der Waals surface area contributed by atoms with E-state index in [1.807, 2.05) is 24.3 Å². The first-order valence-electron chi connectivity index (χ1n) is 9.86. The maximum Gasteiger partial charge on any atom is 0.250 e. The fourth-order valence-electron chi connectivity index (χ4n) is 6.00. The SMILES string of the molecule is O=C1[C@@H]2[C@H]3CCCN3[C@@]3(C(=O)Nc4ccccc43)[C@@H]2C(=O)N1c1ccc(F)cc1. The summed E-state index contributed by atoms with van der Waals surface area (Å²) in [5, 5.41) is 2.94. The van der Waals surface area contributed by atoms with Gasteiger partial charge in [0.05, 0.1) is 17.5 Å². The van der Waals surface area contributed by atoms with E-state index in [-0.39, 0.29) is 23.8 Å². The molecule has 29 heavy (non-hydrogen) atoms. The van der Waals surface area contributed by atoms with Gasteiger partial charge in [-0.2, -0.15) is 0 Å². The molecule has 6 rings (SSSR count). The highest BCUT2D eigenvalue weighted by atomic mass is 19.1. The van der Waals surface area contributed by atoms with Crippen LogP contribution in [0.4, 0.5) is 15.8 Å². The average Bonchev–Trinajstić information content (AvgIpc) is 3.41. The third-order valence-electron chi connectivity index (χ3n) is 6.98. The second-order valence-electron chi connectivity index (χ2n) is 8.16. The Morgan fingerprint density at radius 3 is 2.55 bits per heavy atom. The number of benzene rings is 2. The summed E-state index contributed by atoms with van der Waals surface area (Å²) in [6.45, 7) is 0.677. The van der Waals surface area contributed by atoms with E-state index in [1.165, 1.54) is 24.3 Å². The van der Waals surface area contributed by atoms with Gasteiger partial charge in [-0.25, -0.2) is 9.29 Å². The molecular weight excluding hydrogens is 373 g/mol. The van der Waals surface area contributed by atoms with Crippen LogP contribution in [-0.2, 0) is 19.9 Å². The number of rotatable bonds is 1. The standard InChI is InChI=1S/C22H18FN3O3/c23-12-7-9-13(10-8-12)26-19(27)17-16-6-3-11-25(16)22(18(17)20(26)28)14-4-1-2-5-15(14)24-21(22)29/h1-2,4-5,7-10,16-18H,3,6,11H2,(H,24,29)/t16-,17-,18+,22-/m1/s1. The third-order valence-corrected chi connectivity index (χ3v) is 6.98. The van der Waals surface area contributed by atoms with Crippen molar-refractivity contribution in [3.05, 3.63) is 59.9 Å². The molecule has 4 aliphatic rings. The Labute approximate surface area is 166 Å². The molecule has 4 aliphatic heterocycles. The van der Waals surface area contributed by atoms with Crippen LogP contribution in [0.5, 0.6) is 0 Å². The van der Waals surface area contributed by atoms with E-state index in [9.17, 15) is 18.8 Å². The van der Waals surface area contributed by atoms with Gasteiger partial charge in [0.2, 0.25) is 17.7 Å². The lowest BCUT2D eigenvalue weighted by Gasteiger charge is -2.36. The number of carbonyl (C=O) groups excluding carboxylic acids is 3. The maximum absolute atomic E-state index is 13.6. The number of amides is 3. The summed E-state index contributed by atoms with van der Waals surface area (Å²) >= 11 is 0. The van der Waals surface area contributed by atoms with Gasteiger partial charge in [-0.3, -0.25) is 19.3 Å². The number of nitrogens with zero attached hydrogens (tertiary/aromatic N) is 2. The Hall–Kier alpha value is -3.06. The molecule has 0 aromatic heterocycles. The van der Waals surface area contributed by atoms with Gasteiger partial charge >= 0.3 is 0 Å². The van der Waals surface area contributed by atoms with Crippen LogP contribution >= 0.6 is 0 Å². The van der Waals surface area contributed by atoms with Crippen molar-refractivity contribution < 1.29 is 18.8 Å². The topological polar surface area (TPSA) is 69.7 Å². The highest BCUT2D eigenvalue weighted by Gasteiger charge is 2.74. The molecule has 0 aliphatic carbocycles. The molecule has 4 heterocycles. The Balaban J connectivity index is 1.55. The minimum atomic E-state index is -1.16. The Bertz CT molecular complexity index is 1080. The Morgan fingerprint density at radius 2 is 1.76 bits per heavy atom. The number of anilines is 2. The molecule has 2 aromatic rings. The fourth-order valence-corrected chi connectivity index (χ4v) is 6.00. The van der Waals surface area contributed by atoms with Crippen molar-refractivity contribution in [1.29, 1.82) is 0 Å². The molecule has 3 fully saturated rings. The van der Waals surface area contributed by atoms with E-state index in [0.717, 1.165) is 23.3 Å². The van der Waals surface area contributed by atoms with Crippen molar-refractivity contribution in [2.75, 3.05) is 16.8 Å². The molecule has 3 amide bonds. The second kappa shape index (κ2) is 5.51. The summed E-state index contributed by atoms with van der Waals surface area (Å²) in [6, 6.07) is 12.6. The lowest BCUT2D eigenvalue weighted by atomic mass is 9.75. The fraction of sp³-hybridized carbons (Fsp3) is 0.318. The van der Waals surface area contributed by atoms with Gasteiger partial charge < -0.3 is 5.32 Å². The van der Waals surface area contributed by atoms with Crippen molar-refractivity contribution >= 4 is 29.1 Å². The van der Waals surface area contributed by atoms with Crippen molar-refractivity contribution in [2.24, 2.45) is 11.8 Å². The second-order valence-corrected chi connectivity index (χ2v) is 8.16. The van der Waals surface area contributed by atoms with E-state index in [1.54, 1.807) is 0 Å². The first kappa shape index (κ1) is 16.9. The van der Waals surface area contributed by atoms with Crippen LogP contribution in [0.1, 0.15) is 18.4 Å². The number of para-hydroxylation sites is 1. The molecule has 0 saturated carbocycles. The van der Waals surface area contributed by atoms with Gasteiger partial charge in [-0.1, -0.05) is 18.2 Å². The Kier molecular flexibility index (Phi) is 3.20. The average molecular weight is 391 g/mol. The third kappa shape index (κ3) is 1.86. The highest BCUT2D eigenvalue weighted by molar-refractivity contribution is 6.25. The quantitative estimate of drug-likeness (QED) is 0.757. The number of fused-ring (bicyclic) bond motifs is 7. The number of nitrogens with one attached hydrogen (secondary N) is 1. The smallest absolute Gasteiger partial charge is 0.250 e. The van der Waals surface area contributed by atoms with Gasteiger partial charge in [-0.05, 0) is 49.7 Å². The van der Waals surface area contributed by atoms with E-state index in [2.05, 4.69) is 10.2 Å². The van der Waals surface area contributed by atoms with Crippen LogP contribution in [0, 0.1) is 17.7 Å². The number of hydrogen-bond donors (Lipinski definition) is 1. The van der Waals surface area contributed by atoms with Crippen LogP contribution in [0.2, 0.25) is 0 Å². The number of halogens is 1. The van der Waals surface area contributed by atoms with Crippen LogP contribution in [0.3, 0.4) is 0 Å². The Morgan fingerprint density at radius 1 is 1.00 bits per heavy atom. The molecule has 3 saturated heterocycles. The minimum absolute atomic E-state index is 0.154. The molecule has 2 aromatic carbocycles. The van der Waals surface area contributed by atoms with Crippen molar-refractivity contribution in [3.63, 3.8) is 0 Å². The van der Waals surface area contributed by atoms with E-state index in [0.29, 0.717) is 17.9 Å². The van der Waals surface area contributed by atoms with Crippen LogP contribution in [0.15, 0.2) is 48.5 Å². The summed E-state index contributed by atoms with van der Waals surface area (Å²) in [6.07, 6.45) is 1.65. The normalized spacial score (nSPS) is 32.7. The molecule has 146 valence electrons. The molecule has 0 bridgehead atoms. The molecule has 0 unspecified atom stereocenters. The van der Waals surface area contributed by atoms with E-state index in [4.69, 9.17) is 0 Å². The van der Waals surface area contributed by atoms with Gasteiger partial charge in [0.25, 0.3) is 0 Å². The summed E-state index contributed by atoms with van der Waals surface area (Å²) in [4.78, 5) is 43.7. The van der Waals surface area contributed by atoms with Crippen LogP contribution < -0.4 is 10.2 Å². The van der Waals surface area contributed by atoms with Crippen molar-refractivity contribution in [3.8, 4) is 0 Å². The number of hydrogen-bond acceptors (Lipinski definition) is 4. The predicted octanol–water partition coefficient (Wildman–Crippen LogP) is 2.26. The molecular formula is C22H18FN3O3. The molecule has 7 heteroatoms. The lowest BCUT2D eigenvalue weighted by Crippen LogP contribution is -2.54. The summed E-state index contributed by atoms with van der Waals surface area (Å²) < 4.78 is 13.4. The van der Waals surface area contributed by atoms with Gasteiger partial charge in [0, 0.05) is 17.3 Å². The molecule has 0 radical (unpaired) electrons. The first-order valence-corrected chi connectivity index (χ1v) is 9.86. The van der Waals surface area contributed by atoms with Crippen LogP contribution in [0.25, 0.3) is 0 Å². The highest BCUT2D eigenvalue weighted by Crippen LogP contribution is 2.60. The first-order chi connectivity index (χ1) is 14.0. The molecule has 1 N–H and O–H groups in total. The van der Waals surface area contributed by atoms with Crippen LogP contribution in [-0.4, -0.2) is 35.2 Å². The molecule has 6 nitrogen and oxygen atoms in total. The zero-order valence-electron chi connectivity index (χ0n) is 15.5. The predicted molar refractivity (Wildman–Crippen MR) is 102 cm³/mol. The zero-order chi connectivity index (χ0) is 19.9. The lowest BCUT2D eigenvalue weighted by molar-refractivity contribution is -0.135. The summed E-state index contributed by atoms with van der Waals surface area (Å²) in [5.74, 6) is -2.71. The van der Waals surface area contributed by atoms with Crippen molar-refractivity contribution in [1.82, 2.24) is 4.90 Å². The molecule has 4 atom stereocenters. The monoisotopic (exact) mass is 391 g/mol. The largest absolute Gasteiger partial charge is 0.324 e. The summed E-state index contributed by atoms with van der Waals surface area (Å²) in [5.41, 5.74) is 0.655. The zero-order valence-corrected chi connectivity index (χ0v) is 15.5. The molecule has 1 spiro atoms. The van der Waals surface area contributed by atoms with Gasteiger partial charge in [0.15, 0.2) is 0 Å².